The van der Waals surface area contributed by atoms with Gasteiger partial charge in [-0.3, -0.25) is 0 Å². The number of ether oxygens (including phenoxy) is 2. The number of carbonyl (C=O) groups is 1. The van der Waals surface area contributed by atoms with E-state index in [0.29, 0.717) is 28.5 Å². The second-order valence-corrected chi connectivity index (χ2v) is 4.17. The first kappa shape index (κ1) is 12.8. The standard InChI is InChI=1S/C13H13ClO4/c1-4-17-13(15)12-7(2)8-5-9(14)11(16-3)6-10(8)18-12/h5-6H,4H2,1-3H3. The lowest BCUT2D eigenvalue weighted by Gasteiger charge is -2.01. The Bertz CT molecular complexity index is 601. The van der Waals surface area contributed by atoms with E-state index in [1.807, 2.05) is 0 Å². The van der Waals surface area contributed by atoms with Gasteiger partial charge in [0.2, 0.25) is 5.76 Å². The second-order valence-electron chi connectivity index (χ2n) is 3.76. The van der Waals surface area contributed by atoms with E-state index in [4.69, 9.17) is 25.5 Å². The van der Waals surface area contributed by atoms with Crippen molar-refractivity contribution in [1.29, 1.82) is 0 Å². The van der Waals surface area contributed by atoms with E-state index >= 15 is 0 Å². The van der Waals surface area contributed by atoms with Crippen LogP contribution in [-0.2, 0) is 4.74 Å². The molecule has 0 unspecified atom stereocenters. The number of hydrogen-bond acceptors (Lipinski definition) is 4. The molecule has 0 saturated carbocycles. The molecule has 0 bridgehead atoms. The largest absolute Gasteiger partial charge is 0.495 e. The molecule has 2 rings (SSSR count). The van der Waals surface area contributed by atoms with Crippen LogP contribution in [0.25, 0.3) is 11.0 Å². The van der Waals surface area contributed by atoms with Crippen molar-refractivity contribution in [1.82, 2.24) is 0 Å². The number of fused-ring (bicyclic) bond motifs is 1. The second kappa shape index (κ2) is 4.90. The van der Waals surface area contributed by atoms with E-state index in [1.54, 1.807) is 26.0 Å². The topological polar surface area (TPSA) is 48.7 Å². The predicted molar refractivity (Wildman–Crippen MR) is 68.5 cm³/mol. The van der Waals surface area contributed by atoms with E-state index in [2.05, 4.69) is 0 Å². The SMILES string of the molecule is CCOC(=O)c1oc2cc(OC)c(Cl)cc2c1C. The lowest BCUT2D eigenvalue weighted by molar-refractivity contribution is 0.0491. The van der Waals surface area contributed by atoms with Gasteiger partial charge >= 0.3 is 5.97 Å². The smallest absolute Gasteiger partial charge is 0.374 e. The third-order valence-electron chi connectivity index (χ3n) is 2.67. The summed E-state index contributed by atoms with van der Waals surface area (Å²) in [4.78, 5) is 11.7. The van der Waals surface area contributed by atoms with Gasteiger partial charge in [-0.25, -0.2) is 4.79 Å². The minimum absolute atomic E-state index is 0.205. The number of rotatable bonds is 3. The molecule has 1 aromatic carbocycles. The first-order valence-electron chi connectivity index (χ1n) is 5.52. The molecular formula is C13H13ClO4. The molecule has 0 amide bonds. The summed E-state index contributed by atoms with van der Waals surface area (Å²) in [5, 5.41) is 1.26. The van der Waals surface area contributed by atoms with Gasteiger partial charge in [0.15, 0.2) is 0 Å². The van der Waals surface area contributed by atoms with Crippen LogP contribution in [0.4, 0.5) is 0 Å². The van der Waals surface area contributed by atoms with Gasteiger partial charge in [-0.2, -0.15) is 0 Å². The molecule has 0 N–H and O–H groups in total. The van der Waals surface area contributed by atoms with Crippen LogP contribution in [0.15, 0.2) is 16.5 Å². The normalized spacial score (nSPS) is 10.7. The van der Waals surface area contributed by atoms with Crippen LogP contribution >= 0.6 is 11.6 Å². The monoisotopic (exact) mass is 268 g/mol. The molecule has 1 heterocycles. The van der Waals surface area contributed by atoms with Crippen molar-refractivity contribution in [2.24, 2.45) is 0 Å². The van der Waals surface area contributed by atoms with Gasteiger partial charge < -0.3 is 13.9 Å². The maximum Gasteiger partial charge on any atom is 0.374 e. The lowest BCUT2D eigenvalue weighted by atomic mass is 10.1. The molecule has 5 heteroatoms. The summed E-state index contributed by atoms with van der Waals surface area (Å²) < 4.78 is 15.5. The predicted octanol–water partition coefficient (Wildman–Crippen LogP) is 3.58. The average molecular weight is 269 g/mol. The fourth-order valence-corrected chi connectivity index (χ4v) is 2.01. The fraction of sp³-hybridized carbons (Fsp3) is 0.308. The van der Waals surface area contributed by atoms with Gasteiger partial charge in [0.1, 0.15) is 11.3 Å². The highest BCUT2D eigenvalue weighted by atomic mass is 35.5. The molecule has 2 aromatic rings. The van der Waals surface area contributed by atoms with Gasteiger partial charge in [-0.1, -0.05) is 11.6 Å². The van der Waals surface area contributed by atoms with Crippen LogP contribution in [0.5, 0.6) is 5.75 Å². The molecule has 18 heavy (non-hydrogen) atoms. The zero-order valence-corrected chi connectivity index (χ0v) is 11.1. The zero-order chi connectivity index (χ0) is 13.3. The number of carbonyl (C=O) groups excluding carboxylic acids is 1. The average Bonchev–Trinajstić information content (AvgIpc) is 2.66. The van der Waals surface area contributed by atoms with Crippen molar-refractivity contribution in [2.45, 2.75) is 13.8 Å². The molecule has 0 radical (unpaired) electrons. The Morgan fingerprint density at radius 3 is 2.78 bits per heavy atom. The summed E-state index contributed by atoms with van der Waals surface area (Å²) in [6, 6.07) is 3.38. The molecule has 0 fully saturated rings. The maximum atomic E-state index is 11.7. The first-order chi connectivity index (χ1) is 8.58. The molecule has 0 saturated heterocycles. The van der Waals surface area contributed by atoms with Crippen molar-refractivity contribution < 1.29 is 18.7 Å². The molecule has 1 aromatic heterocycles. The van der Waals surface area contributed by atoms with Gasteiger partial charge in [0, 0.05) is 17.0 Å². The summed E-state index contributed by atoms with van der Waals surface area (Å²) in [7, 11) is 1.52. The molecule has 96 valence electrons. The molecular weight excluding hydrogens is 256 g/mol. The van der Waals surface area contributed by atoms with Gasteiger partial charge in [-0.05, 0) is 19.9 Å². The van der Waals surface area contributed by atoms with Gasteiger partial charge in [0.25, 0.3) is 0 Å². The number of benzene rings is 1. The van der Waals surface area contributed by atoms with Crippen LogP contribution in [-0.4, -0.2) is 19.7 Å². The maximum absolute atomic E-state index is 11.7. The number of esters is 1. The number of hydrogen-bond donors (Lipinski definition) is 0. The quantitative estimate of drug-likeness (QED) is 0.799. The Kier molecular flexibility index (Phi) is 3.48. The summed E-state index contributed by atoms with van der Waals surface area (Å²) in [6.45, 7) is 3.84. The third kappa shape index (κ3) is 2.04. The number of halogens is 1. The highest BCUT2D eigenvalue weighted by Crippen LogP contribution is 2.34. The summed E-state index contributed by atoms with van der Waals surface area (Å²) in [5.41, 5.74) is 1.27. The first-order valence-corrected chi connectivity index (χ1v) is 5.90. The number of aryl methyl sites for hydroxylation is 1. The van der Waals surface area contributed by atoms with Crippen LogP contribution in [0.2, 0.25) is 5.02 Å². The Balaban J connectivity index is 2.59. The van der Waals surface area contributed by atoms with E-state index in [9.17, 15) is 4.79 Å². The van der Waals surface area contributed by atoms with E-state index in [-0.39, 0.29) is 5.76 Å². The van der Waals surface area contributed by atoms with Crippen molar-refractivity contribution >= 4 is 28.5 Å². The Labute approximate surface area is 109 Å². The molecule has 4 nitrogen and oxygen atoms in total. The van der Waals surface area contributed by atoms with Crippen molar-refractivity contribution in [3.63, 3.8) is 0 Å². The summed E-state index contributed by atoms with van der Waals surface area (Å²) in [6.07, 6.45) is 0. The van der Waals surface area contributed by atoms with Gasteiger partial charge in [0.05, 0.1) is 18.7 Å². The number of methoxy groups -OCH3 is 1. The highest BCUT2D eigenvalue weighted by molar-refractivity contribution is 6.32. The molecule has 0 aliphatic heterocycles. The zero-order valence-electron chi connectivity index (χ0n) is 10.4. The number of furan rings is 1. The highest BCUT2D eigenvalue weighted by Gasteiger charge is 2.20. The molecule has 0 spiro atoms. The minimum atomic E-state index is -0.471. The van der Waals surface area contributed by atoms with E-state index < -0.39 is 5.97 Å². The summed E-state index contributed by atoms with van der Waals surface area (Å²) >= 11 is 6.04. The molecule has 0 aliphatic rings. The molecule has 0 aliphatic carbocycles. The van der Waals surface area contributed by atoms with Gasteiger partial charge in [-0.15, -0.1) is 0 Å². The Morgan fingerprint density at radius 1 is 1.44 bits per heavy atom. The van der Waals surface area contributed by atoms with Crippen LogP contribution in [0.1, 0.15) is 23.0 Å². The van der Waals surface area contributed by atoms with Crippen molar-refractivity contribution in [2.75, 3.05) is 13.7 Å². The summed E-state index contributed by atoms with van der Waals surface area (Å²) in [5.74, 6) is 0.241. The minimum Gasteiger partial charge on any atom is -0.495 e. The van der Waals surface area contributed by atoms with E-state index in [0.717, 1.165) is 5.39 Å². The molecule has 0 atom stereocenters. The lowest BCUT2D eigenvalue weighted by Crippen LogP contribution is -2.04. The van der Waals surface area contributed by atoms with Crippen LogP contribution in [0, 0.1) is 6.92 Å². The van der Waals surface area contributed by atoms with E-state index in [1.165, 1.54) is 7.11 Å². The van der Waals surface area contributed by atoms with Crippen LogP contribution in [0.3, 0.4) is 0 Å². The van der Waals surface area contributed by atoms with Crippen LogP contribution < -0.4 is 4.74 Å². The van der Waals surface area contributed by atoms with Crippen molar-refractivity contribution in [3.05, 3.63) is 28.5 Å². The Morgan fingerprint density at radius 2 is 2.17 bits per heavy atom. The van der Waals surface area contributed by atoms with Crippen molar-refractivity contribution in [3.8, 4) is 5.75 Å². The third-order valence-corrected chi connectivity index (χ3v) is 2.97. The fourth-order valence-electron chi connectivity index (χ4n) is 1.77. The Hall–Kier alpha value is -1.68.